The van der Waals surface area contributed by atoms with E-state index in [2.05, 4.69) is 76.4 Å². The standard InChI is InChI=1S/C26H31N5OS/c1-7-21(24(32)28-26(4,5)6)33-25-27-23-22(29-30-25)19-14-17(3)10-13-20(19)31(23)15-18-11-8-16(2)9-12-18/h8-14,21H,7,15H2,1-6H3,(H,28,32). The maximum atomic E-state index is 12.8. The van der Waals surface area contributed by atoms with Crippen molar-refractivity contribution in [1.29, 1.82) is 0 Å². The number of nitrogens with one attached hydrogen (secondary N) is 1. The lowest BCUT2D eigenvalue weighted by atomic mass is 10.1. The zero-order valence-corrected chi connectivity index (χ0v) is 21.0. The molecule has 0 aliphatic heterocycles. The average molecular weight is 462 g/mol. The lowest BCUT2D eigenvalue weighted by molar-refractivity contribution is -0.122. The van der Waals surface area contributed by atoms with Gasteiger partial charge in [0.2, 0.25) is 11.1 Å². The van der Waals surface area contributed by atoms with E-state index in [-0.39, 0.29) is 16.7 Å². The molecule has 0 aliphatic rings. The molecule has 4 aromatic rings. The fourth-order valence-corrected chi connectivity index (χ4v) is 4.65. The van der Waals surface area contributed by atoms with E-state index in [1.54, 1.807) is 0 Å². The Bertz CT molecular complexity index is 1300. The molecule has 7 heteroatoms. The van der Waals surface area contributed by atoms with Crippen molar-refractivity contribution in [3.63, 3.8) is 0 Å². The summed E-state index contributed by atoms with van der Waals surface area (Å²) in [5, 5.41) is 13.3. The van der Waals surface area contributed by atoms with Crippen molar-refractivity contribution in [1.82, 2.24) is 25.1 Å². The number of benzene rings is 2. The number of hydrogen-bond acceptors (Lipinski definition) is 5. The maximum absolute atomic E-state index is 12.8. The lowest BCUT2D eigenvalue weighted by Crippen LogP contribution is -2.44. The Kier molecular flexibility index (Phi) is 6.43. The molecular formula is C26H31N5OS. The number of rotatable bonds is 6. The molecule has 0 fully saturated rings. The smallest absolute Gasteiger partial charge is 0.233 e. The van der Waals surface area contributed by atoms with Gasteiger partial charge in [0.25, 0.3) is 0 Å². The molecule has 2 heterocycles. The molecule has 1 unspecified atom stereocenters. The number of nitrogens with zero attached hydrogens (tertiary/aromatic N) is 4. The van der Waals surface area contributed by atoms with E-state index in [4.69, 9.17) is 4.98 Å². The summed E-state index contributed by atoms with van der Waals surface area (Å²) < 4.78 is 2.20. The molecule has 0 saturated heterocycles. The Hall–Kier alpha value is -2.93. The Morgan fingerprint density at radius 1 is 1.06 bits per heavy atom. The van der Waals surface area contributed by atoms with E-state index < -0.39 is 0 Å². The van der Waals surface area contributed by atoms with E-state index >= 15 is 0 Å². The summed E-state index contributed by atoms with van der Waals surface area (Å²) in [4.78, 5) is 17.7. The fraction of sp³-hybridized carbons (Fsp3) is 0.385. The molecule has 33 heavy (non-hydrogen) atoms. The molecule has 0 saturated carbocycles. The minimum Gasteiger partial charge on any atom is -0.351 e. The number of amides is 1. The van der Waals surface area contributed by atoms with Crippen molar-refractivity contribution in [2.24, 2.45) is 0 Å². The van der Waals surface area contributed by atoms with Gasteiger partial charge in [-0.1, -0.05) is 60.1 Å². The number of hydrogen-bond donors (Lipinski definition) is 1. The summed E-state index contributed by atoms with van der Waals surface area (Å²) >= 11 is 1.37. The Morgan fingerprint density at radius 2 is 1.76 bits per heavy atom. The molecule has 4 rings (SSSR count). The number of fused-ring (bicyclic) bond motifs is 3. The minimum absolute atomic E-state index is 0.00507. The third-order valence-electron chi connectivity index (χ3n) is 5.47. The van der Waals surface area contributed by atoms with Crippen LogP contribution in [-0.4, -0.2) is 36.4 Å². The largest absolute Gasteiger partial charge is 0.351 e. The van der Waals surface area contributed by atoms with Gasteiger partial charge in [0.1, 0.15) is 5.52 Å². The van der Waals surface area contributed by atoms with Crippen molar-refractivity contribution >= 4 is 39.7 Å². The summed E-state index contributed by atoms with van der Waals surface area (Å²) in [6.07, 6.45) is 0.680. The SMILES string of the molecule is CCC(Sc1nnc2c3cc(C)ccc3n(Cc3ccc(C)cc3)c2n1)C(=O)NC(C)(C)C. The number of carbonyl (C=O) groups excluding carboxylic acids is 1. The monoisotopic (exact) mass is 461 g/mol. The molecule has 0 spiro atoms. The summed E-state index contributed by atoms with van der Waals surface area (Å²) in [7, 11) is 0. The fourth-order valence-electron chi connectivity index (χ4n) is 3.84. The number of aryl methyl sites for hydroxylation is 2. The molecule has 0 radical (unpaired) electrons. The quantitative estimate of drug-likeness (QED) is 0.388. The first-order valence-corrected chi connectivity index (χ1v) is 12.2. The molecule has 2 aromatic carbocycles. The third kappa shape index (κ3) is 5.19. The van der Waals surface area contributed by atoms with Gasteiger partial charge < -0.3 is 9.88 Å². The highest BCUT2D eigenvalue weighted by molar-refractivity contribution is 8.00. The summed E-state index contributed by atoms with van der Waals surface area (Å²) in [6, 6.07) is 14.9. The van der Waals surface area contributed by atoms with Gasteiger partial charge in [0.15, 0.2) is 5.65 Å². The van der Waals surface area contributed by atoms with Crippen molar-refractivity contribution in [2.45, 2.75) is 70.5 Å². The van der Waals surface area contributed by atoms with Gasteiger partial charge in [-0.3, -0.25) is 4.79 Å². The van der Waals surface area contributed by atoms with Crippen LogP contribution in [0.4, 0.5) is 0 Å². The Labute approximate surface area is 199 Å². The summed E-state index contributed by atoms with van der Waals surface area (Å²) in [6.45, 7) is 12.8. The second-order valence-electron chi connectivity index (χ2n) is 9.61. The van der Waals surface area contributed by atoms with Crippen LogP contribution in [0.5, 0.6) is 0 Å². The topological polar surface area (TPSA) is 72.7 Å². The highest BCUT2D eigenvalue weighted by Gasteiger charge is 2.24. The predicted octanol–water partition coefficient (Wildman–Crippen LogP) is 5.43. The molecule has 0 aliphatic carbocycles. The number of carbonyl (C=O) groups is 1. The second kappa shape index (κ2) is 9.14. The second-order valence-corrected chi connectivity index (χ2v) is 10.8. The zero-order chi connectivity index (χ0) is 23.8. The van der Waals surface area contributed by atoms with E-state index in [1.165, 1.54) is 28.5 Å². The van der Waals surface area contributed by atoms with Gasteiger partial charge in [0, 0.05) is 17.5 Å². The lowest BCUT2D eigenvalue weighted by Gasteiger charge is -2.23. The number of aromatic nitrogens is 4. The molecule has 1 amide bonds. The predicted molar refractivity (Wildman–Crippen MR) is 136 cm³/mol. The molecule has 2 aromatic heterocycles. The first kappa shape index (κ1) is 23.2. The van der Waals surface area contributed by atoms with Gasteiger partial charge in [-0.25, -0.2) is 4.98 Å². The maximum Gasteiger partial charge on any atom is 0.233 e. The van der Waals surface area contributed by atoms with E-state index in [0.717, 1.165) is 22.1 Å². The van der Waals surface area contributed by atoms with Crippen molar-refractivity contribution in [3.05, 3.63) is 59.2 Å². The van der Waals surface area contributed by atoms with Crippen molar-refractivity contribution in [3.8, 4) is 0 Å². The van der Waals surface area contributed by atoms with Gasteiger partial charge in [-0.05, 0) is 58.7 Å². The number of thioether (sulfide) groups is 1. The van der Waals surface area contributed by atoms with Crippen LogP contribution < -0.4 is 5.32 Å². The molecule has 1 atom stereocenters. The first-order chi connectivity index (χ1) is 15.6. The molecular weight excluding hydrogens is 430 g/mol. The normalized spacial score (nSPS) is 12.9. The molecule has 6 nitrogen and oxygen atoms in total. The average Bonchev–Trinajstić information content (AvgIpc) is 3.04. The Balaban J connectivity index is 1.76. The molecule has 1 N–H and O–H groups in total. The van der Waals surface area contributed by atoms with E-state index in [9.17, 15) is 4.79 Å². The van der Waals surface area contributed by atoms with Gasteiger partial charge in [-0.2, -0.15) is 0 Å². The first-order valence-electron chi connectivity index (χ1n) is 11.3. The van der Waals surface area contributed by atoms with Crippen LogP contribution >= 0.6 is 11.8 Å². The van der Waals surface area contributed by atoms with Crippen LogP contribution in [0.15, 0.2) is 47.6 Å². The van der Waals surface area contributed by atoms with Crippen molar-refractivity contribution < 1.29 is 4.79 Å². The zero-order valence-electron chi connectivity index (χ0n) is 20.1. The molecule has 0 bridgehead atoms. The summed E-state index contributed by atoms with van der Waals surface area (Å²) in [5.74, 6) is -0.00507. The van der Waals surface area contributed by atoms with Crippen molar-refractivity contribution in [2.75, 3.05) is 0 Å². The van der Waals surface area contributed by atoms with Crippen LogP contribution in [0.2, 0.25) is 0 Å². The highest BCUT2D eigenvalue weighted by Crippen LogP contribution is 2.30. The van der Waals surface area contributed by atoms with Crippen LogP contribution in [0, 0.1) is 13.8 Å². The van der Waals surface area contributed by atoms with Crippen LogP contribution in [0.1, 0.15) is 50.8 Å². The summed E-state index contributed by atoms with van der Waals surface area (Å²) in [5.41, 5.74) is 5.98. The van der Waals surface area contributed by atoms with E-state index in [1.807, 2.05) is 27.7 Å². The van der Waals surface area contributed by atoms with Gasteiger partial charge in [0.05, 0.1) is 10.8 Å². The minimum atomic E-state index is -0.285. The molecule has 172 valence electrons. The van der Waals surface area contributed by atoms with E-state index in [0.29, 0.717) is 18.1 Å². The van der Waals surface area contributed by atoms with Gasteiger partial charge >= 0.3 is 0 Å². The van der Waals surface area contributed by atoms with Crippen LogP contribution in [0.25, 0.3) is 22.1 Å². The highest BCUT2D eigenvalue weighted by atomic mass is 32.2. The van der Waals surface area contributed by atoms with Crippen LogP contribution in [0.3, 0.4) is 0 Å². The third-order valence-corrected chi connectivity index (χ3v) is 6.69. The van der Waals surface area contributed by atoms with Gasteiger partial charge in [-0.15, -0.1) is 10.2 Å². The Morgan fingerprint density at radius 3 is 2.42 bits per heavy atom. The van der Waals surface area contributed by atoms with Crippen LogP contribution in [-0.2, 0) is 11.3 Å².